The lowest BCUT2D eigenvalue weighted by Crippen LogP contribution is -2.57. The number of amides is 2. The molecule has 0 spiro atoms. The van der Waals surface area contributed by atoms with Gasteiger partial charge in [-0.1, -0.05) is 39.3 Å². The molecule has 9 heteroatoms. The van der Waals surface area contributed by atoms with E-state index in [1.54, 1.807) is 0 Å². The number of rotatable bonds is 7. The molecule has 0 radical (unpaired) electrons. The number of hydrogen-bond donors (Lipinski definition) is 4. The van der Waals surface area contributed by atoms with Crippen molar-refractivity contribution in [1.82, 2.24) is 10.3 Å². The zero-order chi connectivity index (χ0) is 24.5. The van der Waals surface area contributed by atoms with E-state index in [1.165, 1.54) is 17.4 Å². The number of carbonyl (C=O) groups is 2. The molecule has 1 aromatic heterocycles. The maximum Gasteiger partial charge on any atom is 0.413 e. The van der Waals surface area contributed by atoms with Crippen LogP contribution < -0.4 is 10.6 Å². The number of aromatic nitrogens is 1. The SMILES string of the molecule is C=CCOC(=O)Nc1nc2c(s1)CC1C(C)(CO)C(O)CCC1(C)C2CC(=O)NC1CCCC1. The summed E-state index contributed by atoms with van der Waals surface area (Å²) in [7, 11) is 0. The molecule has 34 heavy (non-hydrogen) atoms. The van der Waals surface area contributed by atoms with E-state index in [0.717, 1.165) is 42.7 Å². The second-order valence-electron chi connectivity index (χ2n) is 10.6. The third kappa shape index (κ3) is 4.62. The van der Waals surface area contributed by atoms with Crippen LogP contribution in [-0.2, 0) is 16.0 Å². The zero-order valence-electron chi connectivity index (χ0n) is 20.1. The Labute approximate surface area is 205 Å². The fourth-order valence-corrected chi connectivity index (χ4v) is 7.55. The molecule has 188 valence electrons. The summed E-state index contributed by atoms with van der Waals surface area (Å²) in [6, 6.07) is 0.238. The number of anilines is 1. The molecule has 1 aromatic rings. The molecule has 3 aliphatic rings. The molecule has 0 aliphatic heterocycles. The van der Waals surface area contributed by atoms with Gasteiger partial charge in [0.25, 0.3) is 0 Å². The van der Waals surface area contributed by atoms with Crippen LogP contribution in [0.15, 0.2) is 12.7 Å². The smallest absolute Gasteiger partial charge is 0.413 e. The third-order valence-electron chi connectivity index (χ3n) is 8.54. The van der Waals surface area contributed by atoms with E-state index in [4.69, 9.17) is 9.72 Å². The molecule has 5 atom stereocenters. The van der Waals surface area contributed by atoms with Gasteiger partial charge in [-0.05, 0) is 43.4 Å². The largest absolute Gasteiger partial charge is 0.445 e. The number of nitrogens with zero attached hydrogens (tertiary/aromatic N) is 1. The topological polar surface area (TPSA) is 121 Å². The fraction of sp³-hybridized carbons (Fsp3) is 0.720. The highest BCUT2D eigenvalue weighted by molar-refractivity contribution is 7.15. The summed E-state index contributed by atoms with van der Waals surface area (Å²) in [6.07, 6.45) is 6.90. The van der Waals surface area contributed by atoms with Crippen molar-refractivity contribution in [2.45, 2.75) is 83.3 Å². The van der Waals surface area contributed by atoms with Crippen LogP contribution in [0.25, 0.3) is 0 Å². The lowest BCUT2D eigenvalue weighted by Gasteiger charge is -2.58. The summed E-state index contributed by atoms with van der Waals surface area (Å²) >= 11 is 1.38. The Hall–Kier alpha value is -1.97. The quantitative estimate of drug-likeness (QED) is 0.431. The van der Waals surface area contributed by atoms with E-state index < -0.39 is 17.6 Å². The minimum absolute atomic E-state index is 0.0217. The van der Waals surface area contributed by atoms with Crippen LogP contribution in [0, 0.1) is 16.7 Å². The van der Waals surface area contributed by atoms with Crippen molar-refractivity contribution in [2.75, 3.05) is 18.5 Å². The highest BCUT2D eigenvalue weighted by atomic mass is 32.1. The van der Waals surface area contributed by atoms with Crippen LogP contribution in [0.4, 0.5) is 9.93 Å². The van der Waals surface area contributed by atoms with Gasteiger partial charge in [0.1, 0.15) is 6.61 Å². The molecule has 5 unspecified atom stereocenters. The number of thiazole rings is 1. The van der Waals surface area contributed by atoms with Gasteiger partial charge in [-0.2, -0.15) is 0 Å². The summed E-state index contributed by atoms with van der Waals surface area (Å²) in [6.45, 7) is 7.66. The maximum atomic E-state index is 13.2. The highest BCUT2D eigenvalue weighted by Crippen LogP contribution is 2.62. The molecule has 8 nitrogen and oxygen atoms in total. The Kier molecular flexibility index (Phi) is 7.36. The average Bonchev–Trinajstić information content (AvgIpc) is 3.46. The molecular formula is C25H37N3O5S. The van der Waals surface area contributed by atoms with E-state index in [-0.39, 0.29) is 42.4 Å². The van der Waals surface area contributed by atoms with E-state index in [2.05, 4.69) is 24.1 Å². The lowest BCUT2D eigenvalue weighted by molar-refractivity contribution is -0.144. The van der Waals surface area contributed by atoms with Crippen LogP contribution >= 0.6 is 11.3 Å². The van der Waals surface area contributed by atoms with E-state index in [1.807, 2.05) is 6.92 Å². The van der Waals surface area contributed by atoms with Crippen LogP contribution in [0.5, 0.6) is 0 Å². The Morgan fingerprint density at radius 2 is 2.03 bits per heavy atom. The van der Waals surface area contributed by atoms with E-state index in [0.29, 0.717) is 24.4 Å². The van der Waals surface area contributed by atoms with Crippen molar-refractivity contribution >= 4 is 28.5 Å². The molecule has 0 saturated heterocycles. The van der Waals surface area contributed by atoms with Crippen molar-refractivity contribution in [3.05, 3.63) is 23.2 Å². The predicted molar refractivity (Wildman–Crippen MR) is 131 cm³/mol. The summed E-state index contributed by atoms with van der Waals surface area (Å²) in [5, 5.41) is 27.6. The average molecular weight is 492 g/mol. The summed E-state index contributed by atoms with van der Waals surface area (Å²) in [4.78, 5) is 31.0. The minimum Gasteiger partial charge on any atom is -0.445 e. The number of aliphatic hydroxyl groups is 2. The van der Waals surface area contributed by atoms with Crippen molar-refractivity contribution in [3.8, 4) is 0 Å². The summed E-state index contributed by atoms with van der Waals surface area (Å²) < 4.78 is 5.04. The van der Waals surface area contributed by atoms with Gasteiger partial charge in [-0.3, -0.25) is 10.1 Å². The van der Waals surface area contributed by atoms with Crippen LogP contribution in [-0.4, -0.2) is 52.6 Å². The van der Waals surface area contributed by atoms with Gasteiger partial charge in [0, 0.05) is 28.7 Å². The molecule has 0 aromatic carbocycles. The number of aliphatic hydroxyl groups excluding tert-OH is 2. The molecule has 3 aliphatic carbocycles. The third-order valence-corrected chi connectivity index (χ3v) is 9.55. The van der Waals surface area contributed by atoms with Gasteiger partial charge < -0.3 is 20.3 Å². The van der Waals surface area contributed by atoms with Gasteiger partial charge >= 0.3 is 6.09 Å². The second kappa shape index (κ2) is 9.95. The normalized spacial score (nSPS) is 33.0. The molecule has 1 heterocycles. The fourth-order valence-electron chi connectivity index (χ4n) is 6.50. The van der Waals surface area contributed by atoms with E-state index >= 15 is 0 Å². The number of ether oxygens (including phenoxy) is 1. The Balaban J connectivity index is 1.65. The molecule has 4 N–H and O–H groups in total. The first kappa shape index (κ1) is 25.1. The number of nitrogens with one attached hydrogen (secondary N) is 2. The first-order valence-corrected chi connectivity index (χ1v) is 13.2. The predicted octanol–water partition coefficient (Wildman–Crippen LogP) is 3.74. The monoisotopic (exact) mass is 491 g/mol. The first-order valence-electron chi connectivity index (χ1n) is 12.3. The van der Waals surface area contributed by atoms with Crippen LogP contribution in [0.2, 0.25) is 0 Å². The van der Waals surface area contributed by atoms with Gasteiger partial charge in [0.2, 0.25) is 5.91 Å². The number of carbonyl (C=O) groups excluding carboxylic acids is 2. The molecule has 4 rings (SSSR count). The van der Waals surface area contributed by atoms with Gasteiger partial charge in [0.05, 0.1) is 18.4 Å². The molecule has 2 amide bonds. The molecule has 2 saturated carbocycles. The Morgan fingerprint density at radius 3 is 2.71 bits per heavy atom. The zero-order valence-corrected chi connectivity index (χ0v) is 21.0. The van der Waals surface area contributed by atoms with Crippen LogP contribution in [0.1, 0.15) is 75.3 Å². The Bertz CT molecular complexity index is 930. The van der Waals surface area contributed by atoms with Crippen molar-refractivity contribution in [1.29, 1.82) is 0 Å². The van der Waals surface area contributed by atoms with Crippen LogP contribution in [0.3, 0.4) is 0 Å². The van der Waals surface area contributed by atoms with Crippen molar-refractivity contribution < 1.29 is 24.5 Å². The summed E-state index contributed by atoms with van der Waals surface area (Å²) in [5.41, 5.74) is -0.141. The number of fused-ring (bicyclic) bond motifs is 2. The molecule has 0 bridgehead atoms. The van der Waals surface area contributed by atoms with Crippen molar-refractivity contribution in [2.24, 2.45) is 16.7 Å². The summed E-state index contributed by atoms with van der Waals surface area (Å²) in [5.74, 6) is -0.168. The number of hydrogen-bond acceptors (Lipinski definition) is 7. The highest BCUT2D eigenvalue weighted by Gasteiger charge is 2.59. The van der Waals surface area contributed by atoms with E-state index in [9.17, 15) is 19.8 Å². The lowest BCUT2D eigenvalue weighted by atomic mass is 9.47. The van der Waals surface area contributed by atoms with Gasteiger partial charge in [-0.15, -0.1) is 11.3 Å². The second-order valence-corrected chi connectivity index (χ2v) is 11.7. The Morgan fingerprint density at radius 1 is 1.29 bits per heavy atom. The van der Waals surface area contributed by atoms with Crippen molar-refractivity contribution in [3.63, 3.8) is 0 Å². The molecular weight excluding hydrogens is 454 g/mol. The maximum absolute atomic E-state index is 13.2. The molecule has 2 fully saturated rings. The van der Waals surface area contributed by atoms with Gasteiger partial charge in [0.15, 0.2) is 5.13 Å². The van der Waals surface area contributed by atoms with Gasteiger partial charge in [-0.25, -0.2) is 9.78 Å². The first-order chi connectivity index (χ1) is 16.2. The standard InChI is InChI=1S/C25H37N3O5S/c1-4-11-33-23(32)28-22-27-21-16(12-20(31)26-15-7-5-6-8-15)24(2)10-9-19(30)25(3,14-29)18(24)13-17(21)34-22/h4,15-16,18-19,29-30H,1,5-14H2,2-3H3,(H,26,31)(H,27,28,32). The minimum atomic E-state index is -0.675.